The van der Waals surface area contributed by atoms with Gasteiger partial charge in [-0.2, -0.15) is 8.78 Å². The average Bonchev–Trinajstić information content (AvgIpc) is 2.45. The first-order valence-electron chi connectivity index (χ1n) is 6.65. The van der Waals surface area contributed by atoms with Crippen LogP contribution in [0.2, 0.25) is 0 Å². The summed E-state index contributed by atoms with van der Waals surface area (Å²) in [7, 11) is 1.58. The van der Waals surface area contributed by atoms with Crippen LogP contribution in [0.3, 0.4) is 0 Å². The largest absolute Gasteiger partial charge is 0.435 e. The van der Waals surface area contributed by atoms with Gasteiger partial charge in [-0.15, -0.1) is 0 Å². The normalized spacial score (nSPS) is 12.1. The fraction of sp³-hybridized carbons (Fsp3) is 0.500. The molecule has 0 bridgehead atoms. The van der Waals surface area contributed by atoms with Crippen molar-refractivity contribution in [2.75, 3.05) is 20.2 Å². The van der Waals surface area contributed by atoms with Gasteiger partial charge in [0, 0.05) is 13.6 Å². The highest BCUT2D eigenvalue weighted by atomic mass is 19.3. The van der Waals surface area contributed by atoms with E-state index in [1.54, 1.807) is 19.2 Å². The zero-order valence-corrected chi connectivity index (χ0v) is 12.1. The van der Waals surface area contributed by atoms with Crippen LogP contribution in [-0.2, 0) is 0 Å². The Bertz CT molecular complexity index is 440. The van der Waals surface area contributed by atoms with Gasteiger partial charge in [-0.25, -0.2) is 4.79 Å². The summed E-state index contributed by atoms with van der Waals surface area (Å²) in [5.41, 5.74) is 0.796. The fourth-order valence-electron chi connectivity index (χ4n) is 1.81. The number of carbonyl (C=O) groups is 1. The highest BCUT2D eigenvalue weighted by Crippen LogP contribution is 2.21. The van der Waals surface area contributed by atoms with E-state index in [0.717, 1.165) is 5.56 Å². The van der Waals surface area contributed by atoms with Gasteiger partial charge in [0.2, 0.25) is 0 Å². The summed E-state index contributed by atoms with van der Waals surface area (Å²) in [5.74, 6) is 0.0762. The molecule has 0 saturated heterocycles. The molecule has 0 saturated carbocycles. The first-order valence-corrected chi connectivity index (χ1v) is 6.65. The molecule has 0 aromatic heterocycles. The van der Waals surface area contributed by atoms with Crippen LogP contribution in [0.1, 0.15) is 24.9 Å². The molecular formula is C14H20F2N2O3. The Kier molecular flexibility index (Phi) is 6.87. The Labute approximate surface area is 122 Å². The molecule has 0 heterocycles. The molecule has 2 amide bonds. The van der Waals surface area contributed by atoms with Gasteiger partial charge in [-0.05, 0) is 24.1 Å². The van der Waals surface area contributed by atoms with Crippen LogP contribution in [0.15, 0.2) is 24.3 Å². The van der Waals surface area contributed by atoms with Gasteiger partial charge < -0.3 is 20.1 Å². The zero-order chi connectivity index (χ0) is 15.8. The van der Waals surface area contributed by atoms with Crippen LogP contribution in [0.4, 0.5) is 13.6 Å². The summed E-state index contributed by atoms with van der Waals surface area (Å²) in [6, 6.07) is 5.61. The molecule has 118 valence electrons. The van der Waals surface area contributed by atoms with Gasteiger partial charge in [-0.1, -0.05) is 19.1 Å². The Balaban J connectivity index is 2.69. The van der Waals surface area contributed by atoms with Crippen LogP contribution >= 0.6 is 0 Å². The van der Waals surface area contributed by atoms with Crippen LogP contribution in [-0.4, -0.2) is 42.8 Å². The molecule has 0 fully saturated rings. The van der Waals surface area contributed by atoms with Crippen molar-refractivity contribution >= 4 is 6.03 Å². The molecule has 5 nitrogen and oxygen atoms in total. The first kappa shape index (κ1) is 17.2. The molecule has 0 aliphatic carbocycles. The molecule has 0 aliphatic heterocycles. The zero-order valence-electron chi connectivity index (χ0n) is 12.1. The van der Waals surface area contributed by atoms with Crippen LogP contribution < -0.4 is 10.1 Å². The van der Waals surface area contributed by atoms with Crippen molar-refractivity contribution in [3.8, 4) is 5.75 Å². The Morgan fingerprint density at radius 1 is 1.38 bits per heavy atom. The van der Waals surface area contributed by atoms with E-state index >= 15 is 0 Å². The van der Waals surface area contributed by atoms with Crippen molar-refractivity contribution in [1.29, 1.82) is 0 Å². The van der Waals surface area contributed by atoms with E-state index in [1.807, 2.05) is 6.92 Å². The smallest absolute Gasteiger partial charge is 0.387 e. The number of rotatable bonds is 7. The minimum atomic E-state index is -2.86. The monoisotopic (exact) mass is 302 g/mol. The number of amides is 2. The Morgan fingerprint density at radius 2 is 2.00 bits per heavy atom. The first-order chi connectivity index (χ1) is 9.97. The number of aliphatic hydroxyl groups excluding tert-OH is 1. The van der Waals surface area contributed by atoms with E-state index in [4.69, 9.17) is 5.11 Å². The number of hydrogen-bond donors (Lipinski definition) is 2. The van der Waals surface area contributed by atoms with E-state index in [0.29, 0.717) is 6.42 Å². The van der Waals surface area contributed by atoms with Gasteiger partial charge in [0.25, 0.3) is 0 Å². The predicted octanol–water partition coefficient (Wildman–Crippen LogP) is 2.37. The standard InChI is InChI=1S/C14H20F2N2O3/c1-3-12(17-14(20)18(2)8-9-19)10-4-6-11(7-5-10)21-13(15)16/h4-7,12-13,19H,3,8-9H2,1-2H3,(H,17,20). The quantitative estimate of drug-likeness (QED) is 0.813. The third kappa shape index (κ3) is 5.55. The number of carbonyl (C=O) groups excluding carboxylic acids is 1. The lowest BCUT2D eigenvalue weighted by atomic mass is 10.0. The number of halogens is 2. The second-order valence-electron chi connectivity index (χ2n) is 4.50. The molecule has 1 rings (SSSR count). The molecule has 21 heavy (non-hydrogen) atoms. The van der Waals surface area contributed by atoms with E-state index < -0.39 is 6.61 Å². The van der Waals surface area contributed by atoms with E-state index in [-0.39, 0.29) is 31.0 Å². The lowest BCUT2D eigenvalue weighted by Crippen LogP contribution is -2.40. The molecule has 0 aliphatic rings. The maximum absolute atomic E-state index is 12.1. The maximum atomic E-state index is 12.1. The number of hydrogen-bond acceptors (Lipinski definition) is 3. The topological polar surface area (TPSA) is 61.8 Å². The second-order valence-corrected chi connectivity index (χ2v) is 4.50. The van der Waals surface area contributed by atoms with E-state index in [2.05, 4.69) is 10.1 Å². The minimum Gasteiger partial charge on any atom is -0.435 e. The van der Waals surface area contributed by atoms with Gasteiger partial charge >= 0.3 is 12.6 Å². The lowest BCUT2D eigenvalue weighted by Gasteiger charge is -2.22. The molecule has 0 radical (unpaired) electrons. The third-order valence-corrected chi connectivity index (χ3v) is 3.00. The Morgan fingerprint density at radius 3 is 2.48 bits per heavy atom. The summed E-state index contributed by atoms with van der Waals surface area (Å²) in [5, 5.41) is 11.6. The summed E-state index contributed by atoms with van der Waals surface area (Å²) < 4.78 is 28.4. The number of nitrogens with zero attached hydrogens (tertiary/aromatic N) is 1. The minimum absolute atomic E-state index is 0.0762. The van der Waals surface area contributed by atoms with E-state index in [9.17, 15) is 13.6 Å². The molecule has 2 N–H and O–H groups in total. The van der Waals surface area contributed by atoms with Crippen molar-refractivity contribution in [3.63, 3.8) is 0 Å². The van der Waals surface area contributed by atoms with Crippen LogP contribution in [0.25, 0.3) is 0 Å². The van der Waals surface area contributed by atoms with Gasteiger partial charge in [0.05, 0.1) is 12.6 Å². The second kappa shape index (κ2) is 8.41. The number of alkyl halides is 2. The summed E-state index contributed by atoms with van der Waals surface area (Å²) in [6.07, 6.45) is 0.647. The summed E-state index contributed by atoms with van der Waals surface area (Å²) in [4.78, 5) is 13.2. The fourth-order valence-corrected chi connectivity index (χ4v) is 1.81. The van der Waals surface area contributed by atoms with Crippen molar-refractivity contribution < 1.29 is 23.4 Å². The van der Waals surface area contributed by atoms with Crippen molar-refractivity contribution in [2.45, 2.75) is 26.0 Å². The molecule has 1 aromatic carbocycles. The highest BCUT2D eigenvalue weighted by Gasteiger charge is 2.15. The third-order valence-electron chi connectivity index (χ3n) is 3.00. The van der Waals surface area contributed by atoms with Crippen molar-refractivity contribution in [2.24, 2.45) is 0 Å². The lowest BCUT2D eigenvalue weighted by molar-refractivity contribution is -0.0498. The van der Waals surface area contributed by atoms with E-state index in [1.165, 1.54) is 17.0 Å². The maximum Gasteiger partial charge on any atom is 0.387 e. The molecular weight excluding hydrogens is 282 g/mol. The Hall–Kier alpha value is -1.89. The van der Waals surface area contributed by atoms with Gasteiger partial charge in [-0.3, -0.25) is 0 Å². The SMILES string of the molecule is CCC(NC(=O)N(C)CCO)c1ccc(OC(F)F)cc1. The predicted molar refractivity (Wildman–Crippen MR) is 74.4 cm³/mol. The van der Waals surface area contributed by atoms with Crippen molar-refractivity contribution in [1.82, 2.24) is 10.2 Å². The molecule has 1 aromatic rings. The summed E-state index contributed by atoms with van der Waals surface area (Å²) >= 11 is 0. The molecule has 1 unspecified atom stereocenters. The van der Waals surface area contributed by atoms with Crippen molar-refractivity contribution in [3.05, 3.63) is 29.8 Å². The molecule has 7 heteroatoms. The molecule has 0 spiro atoms. The number of urea groups is 1. The number of benzene rings is 1. The van der Waals surface area contributed by atoms with Crippen LogP contribution in [0.5, 0.6) is 5.75 Å². The number of nitrogens with one attached hydrogen (secondary N) is 1. The van der Waals surface area contributed by atoms with Crippen LogP contribution in [0, 0.1) is 0 Å². The van der Waals surface area contributed by atoms with Gasteiger partial charge in [0.15, 0.2) is 0 Å². The number of ether oxygens (including phenoxy) is 1. The number of aliphatic hydroxyl groups is 1. The van der Waals surface area contributed by atoms with Gasteiger partial charge in [0.1, 0.15) is 5.75 Å². The summed E-state index contributed by atoms with van der Waals surface area (Å²) in [6.45, 7) is -0.825. The number of likely N-dealkylation sites (N-methyl/N-ethyl adjacent to an activating group) is 1. The average molecular weight is 302 g/mol. The molecule has 1 atom stereocenters. The highest BCUT2D eigenvalue weighted by molar-refractivity contribution is 5.74.